The van der Waals surface area contributed by atoms with E-state index >= 15 is 0 Å². The molecule has 23 heavy (non-hydrogen) atoms. The maximum atomic E-state index is 13.5. The molecule has 1 aromatic heterocycles. The number of hydrogen-bond donors (Lipinski definition) is 0. The van der Waals surface area contributed by atoms with Gasteiger partial charge in [-0.2, -0.15) is 4.31 Å². The Morgan fingerprint density at radius 3 is 3.00 bits per heavy atom. The molecule has 0 amide bonds. The third kappa shape index (κ3) is 3.20. The predicted molar refractivity (Wildman–Crippen MR) is 82.1 cm³/mol. The first kappa shape index (κ1) is 16.6. The zero-order valence-electron chi connectivity index (χ0n) is 13.1. The van der Waals surface area contributed by atoms with Crippen molar-refractivity contribution in [3.05, 3.63) is 24.1 Å². The summed E-state index contributed by atoms with van der Waals surface area (Å²) in [6.07, 6.45) is 3.04. The van der Waals surface area contributed by atoms with Gasteiger partial charge in [0, 0.05) is 25.9 Å². The molecule has 0 aromatic carbocycles. The number of nitrogens with zero attached hydrogens (tertiary/aromatic N) is 2. The molecule has 1 atom stereocenters. The third-order valence-electron chi connectivity index (χ3n) is 4.68. The van der Waals surface area contributed by atoms with Gasteiger partial charge in [-0.3, -0.25) is 0 Å². The molecule has 1 aromatic rings. The van der Waals surface area contributed by atoms with Crippen LogP contribution in [0.25, 0.3) is 0 Å². The highest BCUT2D eigenvalue weighted by Crippen LogP contribution is 2.42. The summed E-state index contributed by atoms with van der Waals surface area (Å²) in [4.78, 5) is 3.85. The summed E-state index contributed by atoms with van der Waals surface area (Å²) in [7, 11) is -3.15. The van der Waals surface area contributed by atoms with Gasteiger partial charge in [0.2, 0.25) is 15.9 Å². The van der Waals surface area contributed by atoms with Gasteiger partial charge in [0.1, 0.15) is 0 Å². The van der Waals surface area contributed by atoms with Crippen LogP contribution in [0.3, 0.4) is 0 Å². The normalized spacial score (nSPS) is 23.8. The van der Waals surface area contributed by atoms with Crippen LogP contribution in [0.1, 0.15) is 19.8 Å². The Morgan fingerprint density at radius 2 is 2.30 bits per heavy atom. The Kier molecular flexibility index (Phi) is 4.57. The van der Waals surface area contributed by atoms with Crippen LogP contribution in [0, 0.1) is 11.7 Å². The standard InChI is InChI=1S/C15H21FN2O4S/c1-2-23(19,20)18-10-15(11-18)12(6-9-22-15)5-8-21-14-13(16)4-3-7-17-14/h3-4,7,12H,2,5-6,8-11H2,1H3/t12-/m0/s1. The molecule has 3 rings (SSSR count). The number of ether oxygens (including phenoxy) is 2. The van der Waals surface area contributed by atoms with Crippen LogP contribution < -0.4 is 4.74 Å². The number of sulfonamides is 1. The van der Waals surface area contributed by atoms with Crippen LogP contribution in [0.5, 0.6) is 5.88 Å². The molecule has 0 radical (unpaired) electrons. The lowest BCUT2D eigenvalue weighted by atomic mass is 9.80. The van der Waals surface area contributed by atoms with Crippen LogP contribution in [-0.2, 0) is 14.8 Å². The second kappa shape index (κ2) is 6.33. The summed E-state index contributed by atoms with van der Waals surface area (Å²) in [5.74, 6) is -0.147. The van der Waals surface area contributed by atoms with Crippen molar-refractivity contribution in [2.75, 3.05) is 32.1 Å². The number of pyridine rings is 1. The minimum Gasteiger partial charge on any atom is -0.476 e. The molecule has 1 spiro atoms. The Morgan fingerprint density at radius 1 is 1.52 bits per heavy atom. The van der Waals surface area contributed by atoms with Crippen molar-refractivity contribution in [2.24, 2.45) is 5.92 Å². The molecule has 0 saturated carbocycles. The van der Waals surface area contributed by atoms with E-state index < -0.39 is 21.4 Å². The number of rotatable bonds is 6. The first-order valence-electron chi connectivity index (χ1n) is 7.82. The Bertz CT molecular complexity index is 661. The van der Waals surface area contributed by atoms with Gasteiger partial charge in [-0.15, -0.1) is 0 Å². The summed E-state index contributed by atoms with van der Waals surface area (Å²) in [5, 5.41) is 0. The lowest BCUT2D eigenvalue weighted by Crippen LogP contribution is -2.66. The molecule has 2 aliphatic heterocycles. The van der Waals surface area contributed by atoms with Crippen molar-refractivity contribution in [2.45, 2.75) is 25.4 Å². The Labute approximate surface area is 135 Å². The highest BCUT2D eigenvalue weighted by atomic mass is 32.2. The highest BCUT2D eigenvalue weighted by molar-refractivity contribution is 7.89. The zero-order valence-corrected chi connectivity index (χ0v) is 13.9. The van der Waals surface area contributed by atoms with Gasteiger partial charge in [-0.05, 0) is 37.8 Å². The second-order valence-electron chi connectivity index (χ2n) is 5.99. The molecule has 6 nitrogen and oxygen atoms in total. The van der Waals surface area contributed by atoms with Gasteiger partial charge in [-0.25, -0.2) is 17.8 Å². The van der Waals surface area contributed by atoms with Gasteiger partial charge in [0.25, 0.3) is 0 Å². The molecule has 3 heterocycles. The summed E-state index contributed by atoms with van der Waals surface area (Å²) < 4.78 is 49.9. The highest BCUT2D eigenvalue weighted by Gasteiger charge is 2.55. The van der Waals surface area contributed by atoms with Gasteiger partial charge in [0.15, 0.2) is 5.82 Å². The number of hydrogen-bond acceptors (Lipinski definition) is 5. The molecular weight excluding hydrogens is 323 g/mol. The number of halogens is 1. The van der Waals surface area contributed by atoms with E-state index in [2.05, 4.69) is 4.98 Å². The molecule has 2 saturated heterocycles. The first-order valence-corrected chi connectivity index (χ1v) is 9.43. The summed E-state index contributed by atoms with van der Waals surface area (Å²) in [6, 6.07) is 2.82. The second-order valence-corrected chi connectivity index (χ2v) is 8.25. The van der Waals surface area contributed by atoms with E-state index in [4.69, 9.17) is 9.47 Å². The van der Waals surface area contributed by atoms with Crippen molar-refractivity contribution >= 4 is 10.0 Å². The maximum Gasteiger partial charge on any atom is 0.250 e. The Hall–Kier alpha value is -1.25. The van der Waals surface area contributed by atoms with E-state index in [0.29, 0.717) is 32.7 Å². The van der Waals surface area contributed by atoms with Crippen molar-refractivity contribution in [1.82, 2.24) is 9.29 Å². The fourth-order valence-corrected chi connectivity index (χ4v) is 4.44. The van der Waals surface area contributed by atoms with E-state index in [-0.39, 0.29) is 17.6 Å². The molecule has 2 fully saturated rings. The van der Waals surface area contributed by atoms with Crippen molar-refractivity contribution in [1.29, 1.82) is 0 Å². The van der Waals surface area contributed by atoms with E-state index in [1.54, 1.807) is 6.92 Å². The molecule has 0 aliphatic carbocycles. The van der Waals surface area contributed by atoms with Crippen LogP contribution in [0.4, 0.5) is 4.39 Å². The van der Waals surface area contributed by atoms with E-state index in [1.165, 1.54) is 22.6 Å². The summed E-state index contributed by atoms with van der Waals surface area (Å²) >= 11 is 0. The average molecular weight is 344 g/mol. The van der Waals surface area contributed by atoms with Crippen molar-refractivity contribution in [3.63, 3.8) is 0 Å². The van der Waals surface area contributed by atoms with E-state index in [0.717, 1.165) is 6.42 Å². The van der Waals surface area contributed by atoms with Gasteiger partial charge in [-0.1, -0.05) is 0 Å². The summed E-state index contributed by atoms with van der Waals surface area (Å²) in [6.45, 7) is 3.42. The fourth-order valence-electron chi connectivity index (χ4n) is 3.25. The molecular formula is C15H21FN2O4S. The SMILES string of the molecule is CCS(=O)(=O)N1CC2(C1)OCC[C@@H]2CCOc1ncccc1F. The molecule has 128 valence electrons. The largest absolute Gasteiger partial charge is 0.476 e. The topological polar surface area (TPSA) is 68.7 Å². The zero-order chi connectivity index (χ0) is 16.5. The van der Waals surface area contributed by atoms with Crippen LogP contribution in [-0.4, -0.2) is 55.4 Å². The van der Waals surface area contributed by atoms with Crippen molar-refractivity contribution < 1.29 is 22.3 Å². The summed E-state index contributed by atoms with van der Waals surface area (Å²) in [5.41, 5.74) is -0.395. The van der Waals surface area contributed by atoms with Gasteiger partial charge < -0.3 is 9.47 Å². The lowest BCUT2D eigenvalue weighted by Gasteiger charge is -2.49. The third-order valence-corrected chi connectivity index (χ3v) is 6.45. The first-order chi connectivity index (χ1) is 11.0. The van der Waals surface area contributed by atoms with E-state index in [9.17, 15) is 12.8 Å². The predicted octanol–water partition coefficient (Wildman–Crippen LogP) is 1.43. The van der Waals surface area contributed by atoms with Gasteiger partial charge >= 0.3 is 0 Å². The van der Waals surface area contributed by atoms with Crippen LogP contribution >= 0.6 is 0 Å². The maximum absolute atomic E-state index is 13.5. The fraction of sp³-hybridized carbons (Fsp3) is 0.667. The molecule has 0 N–H and O–H groups in total. The monoisotopic (exact) mass is 344 g/mol. The van der Waals surface area contributed by atoms with Crippen LogP contribution in [0.2, 0.25) is 0 Å². The molecule has 8 heteroatoms. The molecule has 2 aliphatic rings. The lowest BCUT2D eigenvalue weighted by molar-refractivity contribution is -0.104. The van der Waals surface area contributed by atoms with Crippen LogP contribution in [0.15, 0.2) is 18.3 Å². The van der Waals surface area contributed by atoms with Gasteiger partial charge in [0.05, 0.1) is 18.0 Å². The molecule has 0 unspecified atom stereocenters. The minimum atomic E-state index is -3.15. The van der Waals surface area contributed by atoms with Crippen molar-refractivity contribution in [3.8, 4) is 5.88 Å². The number of aromatic nitrogens is 1. The average Bonchev–Trinajstić information content (AvgIpc) is 2.92. The van der Waals surface area contributed by atoms with E-state index in [1.807, 2.05) is 0 Å². The molecule has 0 bridgehead atoms. The smallest absolute Gasteiger partial charge is 0.250 e. The minimum absolute atomic E-state index is 0.00395. The Balaban J connectivity index is 1.54. The quantitative estimate of drug-likeness (QED) is 0.781.